The molecule has 8 nitrogen and oxygen atoms in total. The maximum Gasteiger partial charge on any atom is 0.337 e. The van der Waals surface area contributed by atoms with Crippen LogP contribution in [-0.2, 0) is 21.3 Å². The van der Waals surface area contributed by atoms with E-state index in [1.807, 2.05) is 0 Å². The van der Waals surface area contributed by atoms with Crippen LogP contribution in [0.4, 0.5) is 4.79 Å². The highest BCUT2D eigenvalue weighted by Crippen LogP contribution is 2.17. The zero-order valence-electron chi connectivity index (χ0n) is 15.0. The molecule has 0 unspecified atom stereocenters. The highest BCUT2D eigenvalue weighted by atomic mass is 32.2. The number of nitrogens with zero attached hydrogens (tertiary/aromatic N) is 1. The Kier molecular flexibility index (Phi) is 6.98. The van der Waals surface area contributed by atoms with Crippen molar-refractivity contribution in [2.45, 2.75) is 31.8 Å². The van der Waals surface area contributed by atoms with E-state index in [0.29, 0.717) is 18.7 Å². The van der Waals surface area contributed by atoms with Crippen LogP contribution in [0, 0.1) is 0 Å². The number of likely N-dealkylation sites (tertiary alicyclic amines) is 1. The summed E-state index contributed by atoms with van der Waals surface area (Å²) in [6.45, 7) is 1.15. The molecular weight excluding hydrogens is 358 g/mol. The number of hydrogen-bond acceptors (Lipinski definition) is 5. The number of urea groups is 1. The summed E-state index contributed by atoms with van der Waals surface area (Å²) in [6.07, 6.45) is 3.74. The first-order valence-electron chi connectivity index (χ1n) is 8.46. The molecule has 0 bridgehead atoms. The van der Waals surface area contributed by atoms with E-state index in [-0.39, 0.29) is 18.6 Å². The summed E-state index contributed by atoms with van der Waals surface area (Å²) in [5.41, 5.74) is 1.30. The lowest BCUT2D eigenvalue weighted by molar-refractivity contribution is 0.0600. The third kappa shape index (κ3) is 5.99. The molecule has 1 aliphatic heterocycles. The van der Waals surface area contributed by atoms with Gasteiger partial charge in [-0.1, -0.05) is 12.1 Å². The van der Waals surface area contributed by atoms with E-state index in [1.165, 1.54) is 7.11 Å². The van der Waals surface area contributed by atoms with Crippen molar-refractivity contribution in [2.24, 2.45) is 0 Å². The summed E-state index contributed by atoms with van der Waals surface area (Å²) in [5, 5.41) is 2.85. The Morgan fingerprint density at radius 1 is 1.23 bits per heavy atom. The second kappa shape index (κ2) is 9.00. The predicted molar refractivity (Wildman–Crippen MR) is 97.2 cm³/mol. The van der Waals surface area contributed by atoms with Gasteiger partial charge in [0.2, 0.25) is 10.0 Å². The molecule has 1 aromatic rings. The van der Waals surface area contributed by atoms with Crippen molar-refractivity contribution < 1.29 is 22.7 Å². The first kappa shape index (κ1) is 20.2. The molecule has 0 radical (unpaired) electrons. The Labute approximate surface area is 153 Å². The molecular formula is C17H25N3O5S. The lowest BCUT2D eigenvalue weighted by Gasteiger charge is -2.35. The fraction of sp³-hybridized carbons (Fsp3) is 0.529. The van der Waals surface area contributed by atoms with E-state index in [9.17, 15) is 18.0 Å². The van der Waals surface area contributed by atoms with Crippen molar-refractivity contribution in [1.82, 2.24) is 14.9 Å². The van der Waals surface area contributed by atoms with Crippen LogP contribution in [-0.4, -0.2) is 57.8 Å². The van der Waals surface area contributed by atoms with E-state index in [1.54, 1.807) is 29.2 Å². The molecule has 1 saturated heterocycles. The second-order valence-corrected chi connectivity index (χ2v) is 8.14. The Morgan fingerprint density at radius 2 is 1.92 bits per heavy atom. The number of hydrogen-bond donors (Lipinski definition) is 2. The van der Waals surface area contributed by atoms with Crippen LogP contribution in [0.1, 0.15) is 35.2 Å². The Balaban J connectivity index is 1.91. The minimum absolute atomic E-state index is 0.153. The fourth-order valence-electron chi connectivity index (χ4n) is 2.88. The number of benzene rings is 1. The number of methoxy groups -OCH3 is 1. The number of carbonyl (C=O) groups excluding carboxylic acids is 2. The van der Waals surface area contributed by atoms with Gasteiger partial charge in [-0.25, -0.2) is 22.7 Å². The molecule has 1 aromatic carbocycles. The summed E-state index contributed by atoms with van der Waals surface area (Å²) in [6, 6.07) is 6.43. The van der Waals surface area contributed by atoms with Gasteiger partial charge < -0.3 is 15.0 Å². The Bertz CT molecular complexity index is 733. The van der Waals surface area contributed by atoms with E-state index in [0.717, 1.165) is 31.1 Å². The van der Waals surface area contributed by atoms with Crippen LogP contribution in [0.5, 0.6) is 0 Å². The largest absolute Gasteiger partial charge is 0.465 e. The van der Waals surface area contributed by atoms with Gasteiger partial charge in [-0.15, -0.1) is 0 Å². The summed E-state index contributed by atoms with van der Waals surface area (Å²) in [5.74, 6) is -0.407. The van der Waals surface area contributed by atoms with Crippen molar-refractivity contribution in [2.75, 3.05) is 26.5 Å². The predicted octanol–water partition coefficient (Wildman–Crippen LogP) is 1.09. The molecule has 26 heavy (non-hydrogen) atoms. The van der Waals surface area contributed by atoms with Gasteiger partial charge in [-0.05, 0) is 37.0 Å². The molecule has 9 heteroatoms. The Hall–Kier alpha value is -2.13. The van der Waals surface area contributed by atoms with Crippen LogP contribution in [0.2, 0.25) is 0 Å². The van der Waals surface area contributed by atoms with Gasteiger partial charge in [0.1, 0.15) is 0 Å². The summed E-state index contributed by atoms with van der Waals surface area (Å²) >= 11 is 0. The number of sulfonamides is 1. The molecule has 0 aliphatic carbocycles. The molecule has 2 amide bonds. The van der Waals surface area contributed by atoms with Crippen LogP contribution in [0.3, 0.4) is 0 Å². The molecule has 0 aromatic heterocycles. The molecule has 1 heterocycles. The van der Waals surface area contributed by atoms with Crippen LogP contribution >= 0.6 is 0 Å². The fourth-order valence-corrected chi connectivity index (χ4v) is 3.38. The SMILES string of the molecule is COC(=O)c1ccc(CNC(=O)N2CCCC[C@@H]2CNS(C)(=O)=O)cc1. The third-order valence-electron chi connectivity index (χ3n) is 4.29. The van der Waals surface area contributed by atoms with Gasteiger partial charge in [0, 0.05) is 25.7 Å². The molecule has 0 spiro atoms. The minimum Gasteiger partial charge on any atom is -0.465 e. The average molecular weight is 383 g/mol. The topological polar surface area (TPSA) is 105 Å². The highest BCUT2D eigenvalue weighted by molar-refractivity contribution is 7.88. The maximum atomic E-state index is 12.5. The number of nitrogens with one attached hydrogen (secondary N) is 2. The zero-order valence-corrected chi connectivity index (χ0v) is 15.8. The van der Waals surface area contributed by atoms with Crippen molar-refractivity contribution >= 4 is 22.0 Å². The van der Waals surface area contributed by atoms with E-state index in [4.69, 9.17) is 0 Å². The molecule has 1 aliphatic rings. The minimum atomic E-state index is -3.29. The molecule has 2 rings (SSSR count). The number of carbonyl (C=O) groups is 2. The normalized spacial score (nSPS) is 17.6. The third-order valence-corrected chi connectivity index (χ3v) is 4.98. The van der Waals surface area contributed by atoms with Gasteiger partial charge >= 0.3 is 12.0 Å². The van der Waals surface area contributed by atoms with Crippen molar-refractivity contribution in [1.29, 1.82) is 0 Å². The summed E-state index contributed by atoms with van der Waals surface area (Å²) < 4.78 is 29.7. The van der Waals surface area contributed by atoms with E-state index >= 15 is 0 Å². The van der Waals surface area contributed by atoms with Gasteiger partial charge in [-0.2, -0.15) is 0 Å². The molecule has 1 atom stereocenters. The van der Waals surface area contributed by atoms with Crippen LogP contribution in [0.25, 0.3) is 0 Å². The van der Waals surface area contributed by atoms with Gasteiger partial charge in [0.15, 0.2) is 0 Å². The summed E-state index contributed by atoms with van der Waals surface area (Å²) in [7, 11) is -1.96. The molecule has 144 valence electrons. The molecule has 0 saturated carbocycles. The molecule has 2 N–H and O–H groups in total. The monoisotopic (exact) mass is 383 g/mol. The molecule has 1 fully saturated rings. The number of rotatable bonds is 6. The smallest absolute Gasteiger partial charge is 0.337 e. The van der Waals surface area contributed by atoms with Crippen molar-refractivity contribution in [3.63, 3.8) is 0 Å². The van der Waals surface area contributed by atoms with Crippen LogP contribution < -0.4 is 10.0 Å². The standard InChI is InChI=1S/C17H25N3O5S/c1-25-16(21)14-8-6-13(7-9-14)11-18-17(22)20-10-4-3-5-15(20)12-19-26(2,23)24/h6-9,15,19H,3-5,10-12H2,1-2H3,(H,18,22)/t15-/m1/s1. The van der Waals surface area contributed by atoms with Gasteiger partial charge in [0.25, 0.3) is 0 Å². The number of piperidine rings is 1. The lowest BCUT2D eigenvalue weighted by Crippen LogP contribution is -2.52. The Morgan fingerprint density at radius 3 is 2.54 bits per heavy atom. The number of ether oxygens (including phenoxy) is 1. The first-order valence-corrected chi connectivity index (χ1v) is 10.4. The van der Waals surface area contributed by atoms with Gasteiger partial charge in [0.05, 0.1) is 18.9 Å². The summed E-state index contributed by atoms with van der Waals surface area (Å²) in [4.78, 5) is 25.6. The maximum absolute atomic E-state index is 12.5. The average Bonchev–Trinajstić information content (AvgIpc) is 2.64. The van der Waals surface area contributed by atoms with E-state index in [2.05, 4.69) is 14.8 Å². The van der Waals surface area contributed by atoms with E-state index < -0.39 is 16.0 Å². The number of amides is 2. The van der Waals surface area contributed by atoms with Crippen LogP contribution in [0.15, 0.2) is 24.3 Å². The quantitative estimate of drug-likeness (QED) is 0.716. The van der Waals surface area contributed by atoms with Crippen molar-refractivity contribution in [3.05, 3.63) is 35.4 Å². The number of esters is 1. The lowest BCUT2D eigenvalue weighted by atomic mass is 10.0. The van der Waals surface area contributed by atoms with Gasteiger partial charge in [-0.3, -0.25) is 0 Å². The first-order chi connectivity index (χ1) is 12.3. The zero-order chi connectivity index (χ0) is 19.2. The second-order valence-electron chi connectivity index (χ2n) is 6.31. The van der Waals surface area contributed by atoms with Crippen molar-refractivity contribution in [3.8, 4) is 0 Å². The highest BCUT2D eigenvalue weighted by Gasteiger charge is 2.27.